The van der Waals surface area contributed by atoms with Crippen LogP contribution in [0.5, 0.6) is 0 Å². The lowest BCUT2D eigenvalue weighted by molar-refractivity contribution is 0.556. The summed E-state index contributed by atoms with van der Waals surface area (Å²) in [5.41, 5.74) is 4.09. The lowest BCUT2D eigenvalue weighted by Crippen LogP contribution is -2.45. The number of allylic oxidation sites excluding steroid dienone is 1. The normalized spacial score (nSPS) is 16.7. The van der Waals surface area contributed by atoms with Crippen molar-refractivity contribution in [3.05, 3.63) is 35.2 Å². The van der Waals surface area contributed by atoms with Crippen molar-refractivity contribution in [2.75, 3.05) is 18.0 Å². The minimum absolute atomic E-state index is 0.0692. The van der Waals surface area contributed by atoms with E-state index in [-0.39, 0.29) is 11.4 Å². The number of benzene rings is 1. The molecule has 0 aliphatic carbocycles. The van der Waals surface area contributed by atoms with E-state index in [0.717, 1.165) is 36.3 Å². The van der Waals surface area contributed by atoms with Crippen LogP contribution >= 0.6 is 0 Å². The van der Waals surface area contributed by atoms with Crippen molar-refractivity contribution in [1.29, 1.82) is 0 Å². The van der Waals surface area contributed by atoms with Gasteiger partial charge in [-0.3, -0.25) is 0 Å². The van der Waals surface area contributed by atoms with E-state index in [1.165, 1.54) is 5.57 Å². The molecule has 2 nitrogen and oxygen atoms in total. The molecule has 0 aromatic heterocycles. The molecular formula is C18H27FN2. The number of halogens is 1. The molecule has 116 valence electrons. The molecule has 0 atom stereocenters. The van der Waals surface area contributed by atoms with Crippen LogP contribution in [-0.2, 0) is 6.54 Å². The molecule has 0 saturated carbocycles. The number of hydrogen-bond acceptors (Lipinski definition) is 2. The number of hydrogen-bond donors (Lipinski definition) is 1. The fraction of sp³-hybridized carbons (Fsp3) is 0.556. The van der Waals surface area contributed by atoms with Gasteiger partial charge >= 0.3 is 0 Å². The number of fused-ring (bicyclic) bond motifs is 1. The van der Waals surface area contributed by atoms with Crippen molar-refractivity contribution in [2.45, 2.75) is 53.1 Å². The van der Waals surface area contributed by atoms with Crippen molar-refractivity contribution in [1.82, 2.24) is 5.32 Å². The predicted molar refractivity (Wildman–Crippen MR) is 89.1 cm³/mol. The molecule has 1 N–H and O–H groups in total. The van der Waals surface area contributed by atoms with E-state index >= 15 is 0 Å². The third kappa shape index (κ3) is 3.13. The summed E-state index contributed by atoms with van der Waals surface area (Å²) in [6.07, 6.45) is 3.34. The van der Waals surface area contributed by atoms with Gasteiger partial charge < -0.3 is 10.2 Å². The molecule has 0 saturated heterocycles. The second kappa shape index (κ2) is 6.18. The van der Waals surface area contributed by atoms with Gasteiger partial charge in [-0.15, -0.1) is 0 Å². The fourth-order valence-corrected chi connectivity index (χ4v) is 3.26. The maximum absolute atomic E-state index is 14.4. The van der Waals surface area contributed by atoms with Gasteiger partial charge in [-0.05, 0) is 58.4 Å². The van der Waals surface area contributed by atoms with Crippen molar-refractivity contribution < 1.29 is 4.39 Å². The molecule has 2 rings (SSSR count). The van der Waals surface area contributed by atoms with Gasteiger partial charge in [0.2, 0.25) is 0 Å². The number of rotatable bonds is 5. The molecule has 1 heterocycles. The molecule has 3 heteroatoms. The molecule has 0 amide bonds. The zero-order valence-corrected chi connectivity index (χ0v) is 13.9. The van der Waals surface area contributed by atoms with Crippen LogP contribution in [0.4, 0.5) is 10.1 Å². The van der Waals surface area contributed by atoms with Gasteiger partial charge in [0, 0.05) is 29.9 Å². The first-order valence-corrected chi connectivity index (χ1v) is 7.91. The van der Waals surface area contributed by atoms with Crippen molar-refractivity contribution in [2.24, 2.45) is 0 Å². The quantitative estimate of drug-likeness (QED) is 0.811. The second-order valence-electron chi connectivity index (χ2n) is 6.36. The second-order valence-corrected chi connectivity index (χ2v) is 6.36. The zero-order valence-electron chi connectivity index (χ0n) is 13.9. The van der Waals surface area contributed by atoms with Crippen LogP contribution in [0.2, 0.25) is 0 Å². The highest BCUT2D eigenvalue weighted by atomic mass is 19.1. The summed E-state index contributed by atoms with van der Waals surface area (Å²) in [7, 11) is 0. The summed E-state index contributed by atoms with van der Waals surface area (Å²) in [6, 6.07) is 3.72. The average molecular weight is 290 g/mol. The van der Waals surface area contributed by atoms with Gasteiger partial charge in [0.15, 0.2) is 0 Å². The molecule has 1 aliphatic rings. The number of nitrogens with one attached hydrogen (secondary N) is 1. The molecule has 1 aromatic rings. The molecule has 21 heavy (non-hydrogen) atoms. The highest BCUT2D eigenvalue weighted by Gasteiger charge is 2.30. The van der Waals surface area contributed by atoms with Crippen molar-refractivity contribution in [3.8, 4) is 0 Å². The minimum atomic E-state index is -0.110. The Morgan fingerprint density at radius 1 is 1.24 bits per heavy atom. The maximum Gasteiger partial charge on any atom is 0.129 e. The Morgan fingerprint density at radius 3 is 2.57 bits per heavy atom. The maximum atomic E-state index is 14.4. The van der Waals surface area contributed by atoms with E-state index in [2.05, 4.69) is 50.9 Å². The monoisotopic (exact) mass is 290 g/mol. The van der Waals surface area contributed by atoms with Crippen molar-refractivity contribution >= 4 is 11.3 Å². The molecular weight excluding hydrogens is 263 g/mol. The Morgan fingerprint density at radius 2 is 1.95 bits per heavy atom. The average Bonchev–Trinajstić information content (AvgIpc) is 2.39. The Bertz CT molecular complexity index is 546. The summed E-state index contributed by atoms with van der Waals surface area (Å²) in [6.45, 7) is 13.1. The van der Waals surface area contributed by atoms with E-state index in [1.54, 1.807) is 6.07 Å². The third-order valence-corrected chi connectivity index (χ3v) is 4.20. The number of likely N-dealkylation sites (N-methyl/N-ethyl adjacent to an activating group) is 1. The Labute approximate surface area is 128 Å². The van der Waals surface area contributed by atoms with Gasteiger partial charge in [-0.2, -0.15) is 0 Å². The summed E-state index contributed by atoms with van der Waals surface area (Å²) in [4.78, 5) is 2.27. The standard InChI is InChI=1S/C18H27FN2/c1-6-8-20-12-14-9-15-13(3)11-18(4,5)21(7-2)17(15)10-16(14)19/h9-11,20H,6-8,12H2,1-5H3. The van der Waals surface area contributed by atoms with Crippen LogP contribution in [0.15, 0.2) is 18.2 Å². The SMILES string of the molecule is CCCNCc1cc2c(cc1F)N(CC)C(C)(C)C=C2C. The largest absolute Gasteiger partial charge is 0.363 e. The van der Waals surface area contributed by atoms with Gasteiger partial charge in [0.1, 0.15) is 5.82 Å². The zero-order chi connectivity index (χ0) is 15.6. The lowest BCUT2D eigenvalue weighted by Gasteiger charge is -2.43. The van der Waals surface area contributed by atoms with Crippen molar-refractivity contribution in [3.63, 3.8) is 0 Å². The first kappa shape index (κ1) is 16.0. The summed E-state index contributed by atoms with van der Waals surface area (Å²) in [5, 5.41) is 3.28. The van der Waals surface area contributed by atoms with E-state index in [0.29, 0.717) is 6.54 Å². The van der Waals surface area contributed by atoms with Crippen LogP contribution in [0, 0.1) is 5.82 Å². The smallest absolute Gasteiger partial charge is 0.129 e. The van der Waals surface area contributed by atoms with E-state index in [1.807, 2.05) is 6.07 Å². The van der Waals surface area contributed by atoms with Gasteiger partial charge in [0.05, 0.1) is 5.54 Å². The van der Waals surface area contributed by atoms with Crippen LogP contribution < -0.4 is 10.2 Å². The summed E-state index contributed by atoms with van der Waals surface area (Å²) < 4.78 is 14.4. The Balaban J connectivity index is 2.42. The van der Waals surface area contributed by atoms with Crippen LogP contribution in [0.25, 0.3) is 5.57 Å². The summed E-state index contributed by atoms with van der Waals surface area (Å²) in [5.74, 6) is -0.110. The molecule has 0 spiro atoms. The molecule has 0 radical (unpaired) electrons. The van der Waals surface area contributed by atoms with Crippen LogP contribution in [0.3, 0.4) is 0 Å². The Hall–Kier alpha value is -1.35. The highest BCUT2D eigenvalue weighted by molar-refractivity contribution is 5.81. The van der Waals surface area contributed by atoms with Crippen LogP contribution in [-0.4, -0.2) is 18.6 Å². The molecule has 0 fully saturated rings. The van der Waals surface area contributed by atoms with E-state index in [4.69, 9.17) is 0 Å². The minimum Gasteiger partial charge on any atom is -0.363 e. The number of nitrogens with zero attached hydrogens (tertiary/aromatic N) is 1. The van der Waals surface area contributed by atoms with E-state index < -0.39 is 0 Å². The molecule has 1 aliphatic heterocycles. The lowest BCUT2D eigenvalue weighted by atomic mass is 9.88. The molecule has 0 bridgehead atoms. The first-order chi connectivity index (χ1) is 9.90. The van der Waals surface area contributed by atoms with E-state index in [9.17, 15) is 4.39 Å². The fourth-order valence-electron chi connectivity index (χ4n) is 3.26. The summed E-state index contributed by atoms with van der Waals surface area (Å²) >= 11 is 0. The first-order valence-electron chi connectivity index (χ1n) is 7.91. The third-order valence-electron chi connectivity index (χ3n) is 4.20. The van der Waals surface area contributed by atoms with Gasteiger partial charge in [-0.1, -0.05) is 13.0 Å². The number of anilines is 1. The van der Waals surface area contributed by atoms with Gasteiger partial charge in [0.25, 0.3) is 0 Å². The Kier molecular flexibility index (Phi) is 4.72. The highest BCUT2D eigenvalue weighted by Crippen LogP contribution is 2.39. The van der Waals surface area contributed by atoms with Crippen LogP contribution in [0.1, 0.15) is 52.2 Å². The predicted octanol–water partition coefficient (Wildman–Crippen LogP) is 4.35. The molecule has 1 aromatic carbocycles. The topological polar surface area (TPSA) is 15.3 Å². The van der Waals surface area contributed by atoms with Gasteiger partial charge in [-0.25, -0.2) is 4.39 Å². The molecule has 0 unspecified atom stereocenters.